The number of carbonyl (C=O) groups is 1. The Morgan fingerprint density at radius 3 is 2.65 bits per heavy atom. The number of carboxylic acid groups (broad SMARTS) is 1. The van der Waals surface area contributed by atoms with Crippen molar-refractivity contribution >= 4 is 32.8 Å². The van der Waals surface area contributed by atoms with Crippen molar-refractivity contribution in [2.24, 2.45) is 11.7 Å². The zero-order valence-electron chi connectivity index (χ0n) is 12.0. The molecule has 1 aromatic heterocycles. The molecule has 110 valence electrons. The van der Waals surface area contributed by atoms with E-state index in [1.54, 1.807) is 0 Å². The summed E-state index contributed by atoms with van der Waals surface area (Å²) in [5, 5.41) is 10.2. The Morgan fingerprint density at radius 2 is 2.10 bits per heavy atom. The number of nitrogens with one attached hydrogen (secondary N) is 1. The first kappa shape index (κ1) is 16.7. The molecule has 1 atom stereocenters. The summed E-state index contributed by atoms with van der Waals surface area (Å²) in [5.41, 5.74) is 8.55. The lowest BCUT2D eigenvalue weighted by molar-refractivity contribution is -0.141. The van der Waals surface area contributed by atoms with Gasteiger partial charge in [0.2, 0.25) is 0 Å². The van der Waals surface area contributed by atoms with E-state index >= 15 is 0 Å². The maximum absolute atomic E-state index is 11.1. The Kier molecular flexibility index (Phi) is 6.23. The molecule has 0 bridgehead atoms. The third kappa shape index (κ3) is 3.41. The lowest BCUT2D eigenvalue weighted by atomic mass is 9.97. The van der Waals surface area contributed by atoms with Crippen LogP contribution in [0.4, 0.5) is 0 Å². The maximum Gasteiger partial charge on any atom is 0.308 e. The van der Waals surface area contributed by atoms with Gasteiger partial charge in [0, 0.05) is 27.6 Å². The van der Waals surface area contributed by atoms with E-state index in [4.69, 9.17) is 10.8 Å². The van der Waals surface area contributed by atoms with Crippen LogP contribution in [-0.2, 0) is 11.2 Å². The van der Waals surface area contributed by atoms with Crippen molar-refractivity contribution in [3.05, 3.63) is 33.9 Å². The molecular formula is C15H21BrN2O2. The zero-order chi connectivity index (χ0) is 15.3. The molecular weight excluding hydrogens is 320 g/mol. The van der Waals surface area contributed by atoms with Crippen molar-refractivity contribution in [1.29, 1.82) is 0 Å². The quantitative estimate of drug-likeness (QED) is 0.797. The number of aliphatic carboxylic acids is 1. The Balaban J connectivity index is 0.000000956. The second-order valence-corrected chi connectivity index (χ2v) is 5.22. The van der Waals surface area contributed by atoms with Gasteiger partial charge in [-0.15, -0.1) is 0 Å². The van der Waals surface area contributed by atoms with Crippen LogP contribution in [0, 0.1) is 12.8 Å². The summed E-state index contributed by atoms with van der Waals surface area (Å²) in [4.78, 5) is 14.4. The van der Waals surface area contributed by atoms with E-state index in [0.717, 1.165) is 26.6 Å². The minimum absolute atomic E-state index is 0.145. The molecule has 0 amide bonds. The molecule has 1 heterocycles. The van der Waals surface area contributed by atoms with E-state index in [1.807, 2.05) is 39.0 Å². The fourth-order valence-corrected chi connectivity index (χ4v) is 2.78. The molecule has 2 aromatic rings. The molecule has 0 saturated carbocycles. The molecule has 0 spiro atoms. The number of aromatic nitrogens is 1. The number of hydrogen-bond acceptors (Lipinski definition) is 2. The molecule has 0 aliphatic heterocycles. The van der Waals surface area contributed by atoms with Crippen LogP contribution in [0.2, 0.25) is 0 Å². The summed E-state index contributed by atoms with van der Waals surface area (Å²) < 4.78 is 0.973. The van der Waals surface area contributed by atoms with Crippen LogP contribution >= 0.6 is 15.9 Å². The van der Waals surface area contributed by atoms with Crippen molar-refractivity contribution in [3.8, 4) is 0 Å². The van der Waals surface area contributed by atoms with Gasteiger partial charge in [0.15, 0.2) is 0 Å². The second-order valence-electron chi connectivity index (χ2n) is 4.37. The summed E-state index contributed by atoms with van der Waals surface area (Å²) in [6, 6.07) is 5.88. The van der Waals surface area contributed by atoms with Gasteiger partial charge in [0.25, 0.3) is 0 Å². The van der Waals surface area contributed by atoms with Gasteiger partial charge in [-0.25, -0.2) is 0 Å². The first-order valence-electron chi connectivity index (χ1n) is 6.73. The number of H-pyrrole nitrogens is 1. The topological polar surface area (TPSA) is 79.1 Å². The number of aryl methyl sites for hydroxylation is 1. The van der Waals surface area contributed by atoms with Crippen molar-refractivity contribution in [3.63, 3.8) is 0 Å². The molecule has 20 heavy (non-hydrogen) atoms. The third-order valence-electron chi connectivity index (χ3n) is 3.17. The van der Waals surface area contributed by atoms with Crippen LogP contribution < -0.4 is 5.73 Å². The molecule has 1 unspecified atom stereocenters. The van der Waals surface area contributed by atoms with Gasteiger partial charge >= 0.3 is 5.97 Å². The van der Waals surface area contributed by atoms with Crippen molar-refractivity contribution in [1.82, 2.24) is 4.98 Å². The fourth-order valence-electron chi connectivity index (χ4n) is 2.17. The van der Waals surface area contributed by atoms with E-state index in [9.17, 15) is 4.79 Å². The number of hydrogen-bond donors (Lipinski definition) is 3. The summed E-state index contributed by atoms with van der Waals surface area (Å²) in [5.74, 6) is -1.40. The zero-order valence-corrected chi connectivity index (χ0v) is 13.6. The molecule has 5 heteroatoms. The van der Waals surface area contributed by atoms with E-state index in [2.05, 4.69) is 20.9 Å². The van der Waals surface area contributed by atoms with Crippen molar-refractivity contribution in [2.45, 2.75) is 27.2 Å². The largest absolute Gasteiger partial charge is 0.481 e. The van der Waals surface area contributed by atoms with Gasteiger partial charge in [-0.05, 0) is 31.0 Å². The average Bonchev–Trinajstić information content (AvgIpc) is 2.75. The molecule has 4 nitrogen and oxygen atoms in total. The number of fused-ring (bicyclic) bond motifs is 1. The van der Waals surface area contributed by atoms with Crippen LogP contribution in [0.1, 0.15) is 25.1 Å². The van der Waals surface area contributed by atoms with Crippen LogP contribution in [0.5, 0.6) is 0 Å². The van der Waals surface area contributed by atoms with E-state index in [1.165, 1.54) is 0 Å². The normalized spacial score (nSPS) is 11.8. The predicted molar refractivity (Wildman–Crippen MR) is 86.0 cm³/mol. The molecule has 0 radical (unpaired) electrons. The SMILES string of the molecule is CC.Cc1[nH]c2cccc(Br)c2c1CC(CN)C(=O)O. The molecule has 0 fully saturated rings. The van der Waals surface area contributed by atoms with Crippen LogP contribution in [0.3, 0.4) is 0 Å². The molecule has 0 saturated heterocycles. The maximum atomic E-state index is 11.1. The second kappa shape index (κ2) is 7.45. The van der Waals surface area contributed by atoms with Gasteiger partial charge in [-0.2, -0.15) is 0 Å². The summed E-state index contributed by atoms with van der Waals surface area (Å²) in [6.45, 7) is 6.10. The predicted octanol–water partition coefficient (Wildman–Crippen LogP) is 3.47. The monoisotopic (exact) mass is 340 g/mol. The minimum Gasteiger partial charge on any atom is -0.481 e. The highest BCUT2D eigenvalue weighted by Crippen LogP contribution is 2.30. The number of aromatic amines is 1. The molecule has 4 N–H and O–H groups in total. The third-order valence-corrected chi connectivity index (χ3v) is 3.84. The standard InChI is InChI=1S/C13H15BrN2O2.C2H6/c1-7-9(5-8(6-15)13(17)18)12-10(14)3-2-4-11(12)16-7;1-2/h2-4,8,16H,5-6,15H2,1H3,(H,17,18);1-2H3. The van der Waals surface area contributed by atoms with Crippen LogP contribution in [0.25, 0.3) is 10.9 Å². The Bertz CT molecular complexity index is 593. The van der Waals surface area contributed by atoms with Crippen LogP contribution in [-0.4, -0.2) is 22.6 Å². The van der Waals surface area contributed by atoms with Gasteiger partial charge in [0.1, 0.15) is 0 Å². The summed E-state index contributed by atoms with van der Waals surface area (Å²) in [6.07, 6.45) is 0.445. The minimum atomic E-state index is -0.849. The first-order chi connectivity index (χ1) is 9.54. The van der Waals surface area contributed by atoms with Crippen molar-refractivity contribution in [2.75, 3.05) is 6.54 Å². The van der Waals surface area contributed by atoms with Crippen molar-refractivity contribution < 1.29 is 9.90 Å². The van der Waals surface area contributed by atoms with Crippen LogP contribution in [0.15, 0.2) is 22.7 Å². The fraction of sp³-hybridized carbons (Fsp3) is 0.400. The molecule has 2 rings (SSSR count). The van der Waals surface area contributed by atoms with Gasteiger partial charge in [-0.1, -0.05) is 35.8 Å². The highest BCUT2D eigenvalue weighted by Gasteiger charge is 2.20. The van der Waals surface area contributed by atoms with E-state index in [0.29, 0.717) is 6.42 Å². The van der Waals surface area contributed by atoms with Gasteiger partial charge in [0.05, 0.1) is 5.92 Å². The molecule has 0 aliphatic carbocycles. The Morgan fingerprint density at radius 1 is 1.45 bits per heavy atom. The number of halogens is 1. The number of nitrogens with two attached hydrogens (primary N) is 1. The first-order valence-corrected chi connectivity index (χ1v) is 7.52. The molecule has 1 aromatic carbocycles. The highest BCUT2D eigenvalue weighted by atomic mass is 79.9. The van der Waals surface area contributed by atoms with E-state index < -0.39 is 11.9 Å². The highest BCUT2D eigenvalue weighted by molar-refractivity contribution is 9.10. The smallest absolute Gasteiger partial charge is 0.308 e. The average molecular weight is 341 g/mol. The lowest BCUT2D eigenvalue weighted by Crippen LogP contribution is -2.25. The van der Waals surface area contributed by atoms with E-state index in [-0.39, 0.29) is 6.54 Å². The molecule has 0 aliphatic rings. The van der Waals surface area contributed by atoms with Gasteiger partial charge < -0.3 is 15.8 Å². The lowest BCUT2D eigenvalue weighted by Gasteiger charge is -2.10. The summed E-state index contributed by atoms with van der Waals surface area (Å²) >= 11 is 3.51. The Labute approximate surface area is 127 Å². The number of benzene rings is 1. The van der Waals surface area contributed by atoms with Gasteiger partial charge in [-0.3, -0.25) is 4.79 Å². The number of carboxylic acids is 1. The summed E-state index contributed by atoms with van der Waals surface area (Å²) in [7, 11) is 0. The number of rotatable bonds is 4. The Hall–Kier alpha value is -1.33.